The molecule has 0 amide bonds. The smallest absolute Gasteiger partial charge is 0.0370 e. The SMILES string of the molecule is CC1(C)C2=CC(N(C3=CCC(C4=CC=C5C=CC=CC5C4)CC3)C3CCC(C4=CCCC(N5C6=C(C=CCC6)C6C7CC=CCC7CCC65)C4)CC3)=CCC2C2=CCCCC21. The van der Waals surface area contributed by atoms with Gasteiger partial charge < -0.3 is 9.80 Å². The van der Waals surface area contributed by atoms with Crippen molar-refractivity contribution in [3.8, 4) is 0 Å². The molecule has 0 aromatic heterocycles. The van der Waals surface area contributed by atoms with Crippen molar-refractivity contribution in [2.45, 2.75) is 167 Å². The van der Waals surface area contributed by atoms with Crippen molar-refractivity contribution in [3.63, 3.8) is 0 Å². The number of nitrogens with zero attached hydrogens (tertiary/aromatic N) is 2. The van der Waals surface area contributed by atoms with E-state index >= 15 is 0 Å². The van der Waals surface area contributed by atoms with Gasteiger partial charge in [0, 0.05) is 53.0 Å². The van der Waals surface area contributed by atoms with Crippen molar-refractivity contribution in [2.24, 2.45) is 52.8 Å². The molecule has 3 fully saturated rings. The average molecular weight is 811 g/mol. The highest BCUT2D eigenvalue weighted by Crippen LogP contribution is 2.60. The Morgan fingerprint density at radius 2 is 1.62 bits per heavy atom. The predicted octanol–water partition coefficient (Wildman–Crippen LogP) is 14.9. The summed E-state index contributed by atoms with van der Waals surface area (Å²) in [5.74, 6) is 5.99. The second kappa shape index (κ2) is 15.9. The van der Waals surface area contributed by atoms with Crippen LogP contribution in [0.4, 0.5) is 0 Å². The first-order valence-corrected chi connectivity index (χ1v) is 25.9. The van der Waals surface area contributed by atoms with Gasteiger partial charge in [-0.05, 0) is 187 Å². The van der Waals surface area contributed by atoms with Gasteiger partial charge in [0.2, 0.25) is 0 Å². The van der Waals surface area contributed by atoms with E-state index in [0.717, 1.165) is 35.6 Å². The van der Waals surface area contributed by atoms with E-state index in [-0.39, 0.29) is 5.41 Å². The quantitative estimate of drug-likeness (QED) is 0.247. The zero-order valence-corrected chi connectivity index (χ0v) is 37.8. The molecule has 0 aromatic rings. The molecule has 3 saturated carbocycles. The monoisotopic (exact) mass is 811 g/mol. The molecule has 9 atom stereocenters. The first-order chi connectivity index (χ1) is 30.0. The van der Waals surface area contributed by atoms with Crippen LogP contribution in [0.15, 0.2) is 142 Å². The molecule has 0 bridgehead atoms. The minimum atomic E-state index is 0.269. The van der Waals surface area contributed by atoms with Gasteiger partial charge in [-0.25, -0.2) is 0 Å². The lowest BCUT2D eigenvalue weighted by molar-refractivity contribution is 0.0647. The van der Waals surface area contributed by atoms with Crippen molar-refractivity contribution in [1.29, 1.82) is 0 Å². The fourth-order valence-electron chi connectivity index (χ4n) is 16.2. The van der Waals surface area contributed by atoms with Gasteiger partial charge in [0.15, 0.2) is 0 Å². The maximum atomic E-state index is 3.11. The summed E-state index contributed by atoms with van der Waals surface area (Å²) in [6.07, 6.45) is 65.5. The van der Waals surface area contributed by atoms with Crippen LogP contribution in [0.25, 0.3) is 0 Å². The first-order valence-electron chi connectivity index (χ1n) is 25.9. The molecule has 11 aliphatic carbocycles. The van der Waals surface area contributed by atoms with Crippen molar-refractivity contribution < 1.29 is 0 Å². The lowest BCUT2D eigenvalue weighted by Crippen LogP contribution is -2.48. The van der Waals surface area contributed by atoms with Crippen LogP contribution in [0.3, 0.4) is 0 Å². The molecule has 0 N–H and O–H groups in total. The molecular weight excluding hydrogens is 737 g/mol. The van der Waals surface area contributed by atoms with Crippen molar-refractivity contribution in [1.82, 2.24) is 9.80 Å². The van der Waals surface area contributed by atoms with E-state index in [1.54, 1.807) is 39.4 Å². The van der Waals surface area contributed by atoms with Crippen LogP contribution in [0.1, 0.15) is 149 Å². The summed E-state index contributed by atoms with van der Waals surface area (Å²) < 4.78 is 0. The lowest BCUT2D eigenvalue weighted by Gasteiger charge is -2.48. The number of rotatable bonds is 6. The Hall–Kier alpha value is -3.52. The van der Waals surface area contributed by atoms with Gasteiger partial charge in [0.05, 0.1) is 0 Å². The number of fused-ring (bicyclic) bond motifs is 8. The molecule has 0 radical (unpaired) electrons. The van der Waals surface area contributed by atoms with E-state index < -0.39 is 0 Å². The van der Waals surface area contributed by atoms with E-state index in [4.69, 9.17) is 0 Å². The molecule has 61 heavy (non-hydrogen) atoms. The third-order valence-electron chi connectivity index (χ3n) is 19.2. The normalized spacial score (nSPS) is 39.5. The minimum Gasteiger partial charge on any atom is -0.368 e. The summed E-state index contributed by atoms with van der Waals surface area (Å²) in [5, 5.41) is 0. The van der Waals surface area contributed by atoms with Gasteiger partial charge in [-0.15, -0.1) is 0 Å². The van der Waals surface area contributed by atoms with Crippen LogP contribution >= 0.6 is 0 Å². The van der Waals surface area contributed by atoms with E-state index in [9.17, 15) is 0 Å². The lowest BCUT2D eigenvalue weighted by atomic mass is 9.63. The Balaban J connectivity index is 0.779. The molecule has 1 heterocycles. The fourth-order valence-corrected chi connectivity index (χ4v) is 16.2. The van der Waals surface area contributed by atoms with Crippen LogP contribution < -0.4 is 0 Å². The summed E-state index contributed by atoms with van der Waals surface area (Å²) in [6, 6.07) is 2.08. The molecule has 9 unspecified atom stereocenters. The molecule has 320 valence electrons. The highest BCUT2D eigenvalue weighted by Gasteiger charge is 2.52. The van der Waals surface area contributed by atoms with Gasteiger partial charge in [-0.3, -0.25) is 0 Å². The Kier molecular flexibility index (Phi) is 10.2. The highest BCUT2D eigenvalue weighted by atomic mass is 15.2. The molecule has 12 rings (SSSR count). The Labute approximate surface area is 369 Å². The summed E-state index contributed by atoms with van der Waals surface area (Å²) >= 11 is 0. The molecule has 2 nitrogen and oxygen atoms in total. The maximum absolute atomic E-state index is 3.11. The fraction of sp³-hybridized carbons (Fsp3) is 0.593. The zero-order valence-electron chi connectivity index (χ0n) is 37.8. The van der Waals surface area contributed by atoms with E-state index in [2.05, 4.69) is 115 Å². The van der Waals surface area contributed by atoms with Gasteiger partial charge in [0.25, 0.3) is 0 Å². The minimum absolute atomic E-state index is 0.269. The molecule has 2 heteroatoms. The van der Waals surface area contributed by atoms with Crippen molar-refractivity contribution in [2.75, 3.05) is 0 Å². The van der Waals surface area contributed by atoms with E-state index in [0.29, 0.717) is 29.8 Å². The van der Waals surface area contributed by atoms with Crippen LogP contribution in [-0.2, 0) is 0 Å². The van der Waals surface area contributed by atoms with Gasteiger partial charge in [0.1, 0.15) is 0 Å². The molecule has 1 aliphatic heterocycles. The molecule has 0 aromatic carbocycles. The molecular formula is C59H74N2. The van der Waals surface area contributed by atoms with Crippen LogP contribution in [0.2, 0.25) is 0 Å². The topological polar surface area (TPSA) is 6.48 Å². The average Bonchev–Trinajstić information content (AvgIpc) is 3.78. The molecule has 0 spiro atoms. The number of hydrogen-bond donors (Lipinski definition) is 0. The second-order valence-electron chi connectivity index (χ2n) is 22.4. The Morgan fingerprint density at radius 3 is 2.52 bits per heavy atom. The zero-order chi connectivity index (χ0) is 40.7. The predicted molar refractivity (Wildman–Crippen MR) is 254 cm³/mol. The van der Waals surface area contributed by atoms with Crippen molar-refractivity contribution >= 4 is 0 Å². The largest absolute Gasteiger partial charge is 0.368 e. The molecule has 12 aliphatic rings. The van der Waals surface area contributed by atoms with Gasteiger partial charge >= 0.3 is 0 Å². The maximum Gasteiger partial charge on any atom is 0.0370 e. The summed E-state index contributed by atoms with van der Waals surface area (Å²) in [5.41, 5.74) is 15.6. The van der Waals surface area contributed by atoms with Crippen LogP contribution in [0, 0.1) is 52.8 Å². The van der Waals surface area contributed by atoms with Crippen LogP contribution in [-0.4, -0.2) is 27.9 Å². The van der Waals surface area contributed by atoms with E-state index in [1.165, 1.54) is 140 Å². The Morgan fingerprint density at radius 1 is 0.705 bits per heavy atom. The van der Waals surface area contributed by atoms with Crippen LogP contribution in [0.5, 0.6) is 0 Å². The number of allylic oxidation sites excluding steroid dienone is 21. The highest BCUT2D eigenvalue weighted by molar-refractivity contribution is 5.47. The van der Waals surface area contributed by atoms with Gasteiger partial charge in [-0.1, -0.05) is 121 Å². The summed E-state index contributed by atoms with van der Waals surface area (Å²) in [6.45, 7) is 5.18. The Bertz CT molecular complexity index is 2160. The third-order valence-corrected chi connectivity index (χ3v) is 19.2. The van der Waals surface area contributed by atoms with E-state index in [1.807, 2.05) is 5.57 Å². The molecule has 0 saturated heterocycles. The van der Waals surface area contributed by atoms with Crippen molar-refractivity contribution in [3.05, 3.63) is 142 Å². The summed E-state index contributed by atoms with van der Waals surface area (Å²) in [7, 11) is 0. The first kappa shape index (κ1) is 39.1. The van der Waals surface area contributed by atoms with Gasteiger partial charge in [-0.2, -0.15) is 0 Å². The summed E-state index contributed by atoms with van der Waals surface area (Å²) in [4.78, 5) is 6.07. The number of hydrogen-bond acceptors (Lipinski definition) is 2. The third kappa shape index (κ3) is 6.76. The second-order valence-corrected chi connectivity index (χ2v) is 22.4. The standard InChI is InChI=1S/C59H74N2/c1-59(2)54-20-9-7-18-51(54)52-34-33-49(38-55(52)59)60(47-31-26-41(27-32-47)45-23-22-39-12-3-4-14-43(39)36-45)46-29-24-40(25-30-46)44-15-11-16-48(37-44)61-56-21-10-8-19-53(56)58-50-17-6-5-13-42(50)28-35-57(58)61/h3-6,8,12,14-15,18-19,22-23,31,33,38,40-43,46,48,50,52,54,57-58H,7,9-11,13,16-17,20-21,24-30,32,34-37H2,1-2H3.